The van der Waals surface area contributed by atoms with Crippen LogP contribution in [0, 0.1) is 11.3 Å². The minimum atomic E-state index is -4.81. The maximum Gasteiger partial charge on any atom is 0.420 e. The molecule has 224 valence electrons. The van der Waals surface area contributed by atoms with E-state index in [1.54, 1.807) is 0 Å². The van der Waals surface area contributed by atoms with E-state index in [0.29, 0.717) is 25.2 Å². The van der Waals surface area contributed by atoms with Crippen molar-refractivity contribution in [3.05, 3.63) is 51.5 Å². The van der Waals surface area contributed by atoms with Crippen molar-refractivity contribution < 1.29 is 26.4 Å². The molecule has 7 rings (SSSR count). The lowest BCUT2D eigenvalue weighted by Crippen LogP contribution is -2.34. The predicted molar refractivity (Wildman–Crippen MR) is 153 cm³/mol. The van der Waals surface area contributed by atoms with Gasteiger partial charge in [-0.05, 0) is 66.8 Å². The zero-order chi connectivity index (χ0) is 30.1. The van der Waals surface area contributed by atoms with Gasteiger partial charge in [-0.15, -0.1) is 11.3 Å². The van der Waals surface area contributed by atoms with Crippen molar-refractivity contribution in [2.24, 2.45) is 0 Å². The number of alkyl halides is 3. The van der Waals surface area contributed by atoms with Crippen molar-refractivity contribution in [1.29, 1.82) is 5.26 Å². The molecule has 0 bridgehead atoms. The summed E-state index contributed by atoms with van der Waals surface area (Å²) >= 11 is 0.731. The highest BCUT2D eigenvalue weighted by Crippen LogP contribution is 2.46. The largest absolute Gasteiger partial charge is 0.420 e. The van der Waals surface area contributed by atoms with Crippen LogP contribution in [0.4, 0.5) is 24.8 Å². The molecule has 0 radical (unpaired) electrons. The number of aromatic nitrogens is 2. The number of nitrogens with zero attached hydrogens (tertiary/aromatic N) is 5. The molecule has 2 aromatic heterocycles. The normalized spacial score (nSPS) is 20.2. The van der Waals surface area contributed by atoms with Gasteiger partial charge < -0.3 is 10.2 Å². The summed E-state index contributed by atoms with van der Waals surface area (Å²) in [6.07, 6.45) is 0.183. The molecule has 2 aliphatic carbocycles. The second kappa shape index (κ2) is 10.3. The van der Waals surface area contributed by atoms with Crippen LogP contribution in [0.5, 0.6) is 0 Å². The molecular weight excluding hydrogens is 601 g/mol. The van der Waals surface area contributed by atoms with Gasteiger partial charge in [0.15, 0.2) is 9.84 Å². The zero-order valence-corrected chi connectivity index (χ0v) is 24.6. The first-order valence-corrected chi connectivity index (χ1v) is 16.6. The second-order valence-corrected chi connectivity index (χ2v) is 14.7. The summed E-state index contributed by atoms with van der Waals surface area (Å²) in [5.41, 5.74) is 2.40. The van der Waals surface area contributed by atoms with Gasteiger partial charge in [-0.3, -0.25) is 9.69 Å². The van der Waals surface area contributed by atoms with Gasteiger partial charge in [0.1, 0.15) is 10.4 Å². The minimum absolute atomic E-state index is 0.0357. The molecule has 0 atom stereocenters. The fourth-order valence-electron chi connectivity index (χ4n) is 5.89. The van der Waals surface area contributed by atoms with Crippen LogP contribution in [0.1, 0.15) is 63.5 Å². The van der Waals surface area contributed by atoms with Gasteiger partial charge in [-0.1, -0.05) is 6.07 Å². The molecule has 9 nitrogen and oxygen atoms in total. The third-order valence-corrected chi connectivity index (χ3v) is 11.4. The number of nitrogens with one attached hydrogen (secondary N) is 1. The summed E-state index contributed by atoms with van der Waals surface area (Å²) in [6, 6.07) is 7.43. The van der Waals surface area contributed by atoms with Crippen molar-refractivity contribution in [2.75, 3.05) is 30.7 Å². The Morgan fingerprint density at radius 1 is 1.12 bits per heavy atom. The standard InChI is InChI=1S/C29H27F3N6O3S2/c30-29(31,32)21-14-34-28(35-22-12-17-5-7-37(8-6-33)15-18(17)11-20(22)16-1-2-16)36-25(21)23-13-24-26(42-23)27(39)38(19-3-4-19)9-10-43(24,40)41/h11-14,16,19H,1-5,7-10,15H2,(H,34,35,36). The van der Waals surface area contributed by atoms with Gasteiger partial charge in [-0.25, -0.2) is 18.4 Å². The van der Waals surface area contributed by atoms with E-state index in [-0.39, 0.29) is 38.9 Å². The lowest BCUT2D eigenvalue weighted by atomic mass is 9.94. The van der Waals surface area contributed by atoms with E-state index in [2.05, 4.69) is 32.3 Å². The summed E-state index contributed by atoms with van der Waals surface area (Å²) in [4.78, 5) is 24.8. The number of nitriles is 1. The number of carbonyl (C=O) groups is 1. The first-order chi connectivity index (χ1) is 20.5. The highest BCUT2D eigenvalue weighted by atomic mass is 32.2. The molecule has 3 aromatic rings. The van der Waals surface area contributed by atoms with E-state index in [0.717, 1.165) is 78.4 Å². The van der Waals surface area contributed by atoms with E-state index >= 15 is 0 Å². The molecule has 0 saturated heterocycles. The Kier molecular flexibility index (Phi) is 6.75. The van der Waals surface area contributed by atoms with E-state index in [4.69, 9.17) is 5.26 Å². The molecule has 14 heteroatoms. The number of hydrogen-bond donors (Lipinski definition) is 1. The van der Waals surface area contributed by atoms with Crippen LogP contribution in [0.3, 0.4) is 0 Å². The summed E-state index contributed by atoms with van der Waals surface area (Å²) in [7, 11) is -3.88. The molecule has 43 heavy (non-hydrogen) atoms. The Labute approximate surface area is 250 Å². The number of benzene rings is 1. The van der Waals surface area contributed by atoms with Crippen LogP contribution in [0.15, 0.2) is 29.3 Å². The van der Waals surface area contributed by atoms with Crippen molar-refractivity contribution in [3.8, 4) is 16.6 Å². The van der Waals surface area contributed by atoms with Gasteiger partial charge >= 0.3 is 6.18 Å². The van der Waals surface area contributed by atoms with Gasteiger partial charge in [0.05, 0.1) is 33.8 Å². The van der Waals surface area contributed by atoms with Crippen LogP contribution in [-0.2, 0) is 29.0 Å². The molecule has 0 unspecified atom stereocenters. The van der Waals surface area contributed by atoms with Crippen LogP contribution in [-0.4, -0.2) is 65.5 Å². The number of halogens is 3. The zero-order valence-electron chi connectivity index (χ0n) is 22.9. The number of anilines is 2. The average molecular weight is 629 g/mol. The maximum atomic E-state index is 14.2. The third kappa shape index (κ3) is 5.38. The van der Waals surface area contributed by atoms with E-state index in [1.807, 2.05) is 6.07 Å². The fraction of sp³-hybridized carbons (Fsp3) is 0.448. The molecule has 4 heterocycles. The molecule has 2 aliphatic heterocycles. The molecule has 1 aromatic carbocycles. The average Bonchev–Trinajstić information content (AvgIpc) is 3.90. The highest BCUT2D eigenvalue weighted by Gasteiger charge is 2.42. The Hall–Kier alpha value is -3.54. The van der Waals surface area contributed by atoms with E-state index in [1.165, 1.54) is 4.90 Å². The third-order valence-electron chi connectivity index (χ3n) is 8.43. The molecular formula is C29H27F3N6O3S2. The Morgan fingerprint density at radius 3 is 2.60 bits per heavy atom. The van der Waals surface area contributed by atoms with Crippen LogP contribution in [0.2, 0.25) is 0 Å². The molecule has 2 fully saturated rings. The number of thiophene rings is 1. The topological polar surface area (TPSA) is 119 Å². The predicted octanol–water partition coefficient (Wildman–Crippen LogP) is 5.12. The molecule has 1 amide bonds. The van der Waals surface area contributed by atoms with Crippen molar-refractivity contribution in [2.45, 2.75) is 61.7 Å². The molecule has 0 spiro atoms. The lowest BCUT2D eigenvalue weighted by Gasteiger charge is -2.28. The molecule has 1 N–H and O–H groups in total. The first-order valence-electron chi connectivity index (χ1n) is 14.2. The van der Waals surface area contributed by atoms with Gasteiger partial charge in [0.25, 0.3) is 5.91 Å². The number of fused-ring (bicyclic) bond motifs is 2. The van der Waals surface area contributed by atoms with E-state index < -0.39 is 33.2 Å². The Balaban J connectivity index is 1.28. The summed E-state index contributed by atoms with van der Waals surface area (Å²) in [5, 5.41) is 12.3. The number of hydrogen-bond acceptors (Lipinski definition) is 9. The number of sulfone groups is 1. The molecule has 4 aliphatic rings. The Bertz CT molecular complexity index is 1790. The van der Waals surface area contributed by atoms with Crippen LogP contribution >= 0.6 is 11.3 Å². The smallest absolute Gasteiger partial charge is 0.334 e. The summed E-state index contributed by atoms with van der Waals surface area (Å²) in [5.74, 6) is -0.486. The minimum Gasteiger partial charge on any atom is -0.334 e. The van der Waals surface area contributed by atoms with Crippen molar-refractivity contribution in [3.63, 3.8) is 0 Å². The van der Waals surface area contributed by atoms with Crippen molar-refractivity contribution >= 4 is 38.7 Å². The number of carbonyl (C=O) groups excluding carboxylic acids is 1. The number of amides is 1. The van der Waals surface area contributed by atoms with E-state index in [9.17, 15) is 26.4 Å². The summed E-state index contributed by atoms with van der Waals surface area (Å²) in [6.45, 7) is 1.80. The van der Waals surface area contributed by atoms with Crippen LogP contribution < -0.4 is 5.32 Å². The highest BCUT2D eigenvalue weighted by molar-refractivity contribution is 7.91. The Morgan fingerprint density at radius 2 is 1.91 bits per heavy atom. The van der Waals surface area contributed by atoms with Gasteiger partial charge in [0.2, 0.25) is 5.95 Å². The van der Waals surface area contributed by atoms with Crippen molar-refractivity contribution in [1.82, 2.24) is 19.8 Å². The maximum absolute atomic E-state index is 14.2. The van der Waals surface area contributed by atoms with Gasteiger partial charge in [-0.2, -0.15) is 18.4 Å². The quantitative estimate of drug-likeness (QED) is 0.374. The SMILES string of the molecule is N#CCN1CCc2cc(Nc3ncc(C(F)(F)F)c(-c4cc5c(s4)C(=O)N(C4CC4)CCS5(=O)=O)n3)c(C3CC3)cc2C1. The van der Waals surface area contributed by atoms with Gasteiger partial charge in [0, 0.05) is 37.6 Å². The second-order valence-electron chi connectivity index (χ2n) is 11.5. The fourth-order valence-corrected chi connectivity index (χ4v) is 8.80. The monoisotopic (exact) mass is 628 g/mol. The first kappa shape index (κ1) is 28.2. The lowest BCUT2D eigenvalue weighted by molar-refractivity contribution is -0.137. The summed E-state index contributed by atoms with van der Waals surface area (Å²) < 4.78 is 68.7. The number of rotatable bonds is 6. The molecule has 2 saturated carbocycles. The van der Waals surface area contributed by atoms with Crippen LogP contribution in [0.25, 0.3) is 10.6 Å².